The van der Waals surface area contributed by atoms with Crippen LogP contribution in [-0.4, -0.2) is 33.1 Å². The van der Waals surface area contributed by atoms with Gasteiger partial charge in [-0.15, -0.1) is 0 Å². The maximum Gasteiger partial charge on any atom is 0.144 e. The second kappa shape index (κ2) is 7.07. The molecule has 1 aliphatic heterocycles. The van der Waals surface area contributed by atoms with Crippen LogP contribution in [0.3, 0.4) is 0 Å². The van der Waals surface area contributed by atoms with Gasteiger partial charge in [0, 0.05) is 54.2 Å². The van der Waals surface area contributed by atoms with Crippen LogP contribution >= 0.6 is 0 Å². The highest BCUT2D eigenvalue weighted by atomic mass is 16.5. The second-order valence-corrected chi connectivity index (χ2v) is 6.53. The number of hydrogen-bond donors (Lipinski definition) is 1. The molecule has 4 heterocycles. The van der Waals surface area contributed by atoms with Crippen molar-refractivity contribution in [3.63, 3.8) is 0 Å². The number of pyridine rings is 2. The Morgan fingerprint density at radius 3 is 2.92 bits per heavy atom. The summed E-state index contributed by atoms with van der Waals surface area (Å²) in [4.78, 5) is 17.4. The van der Waals surface area contributed by atoms with Crippen molar-refractivity contribution < 1.29 is 4.74 Å². The summed E-state index contributed by atoms with van der Waals surface area (Å²) < 4.78 is 5.77. The predicted octanol–water partition coefficient (Wildman–Crippen LogP) is 3.39. The van der Waals surface area contributed by atoms with E-state index in [1.165, 1.54) is 5.56 Å². The Hall–Kier alpha value is -3.02. The maximum absolute atomic E-state index is 5.77. The topological polar surface area (TPSA) is 72.8 Å². The van der Waals surface area contributed by atoms with E-state index in [2.05, 4.69) is 32.2 Å². The molecule has 6 heteroatoms. The second-order valence-electron chi connectivity index (χ2n) is 6.53. The molecule has 1 unspecified atom stereocenters. The van der Waals surface area contributed by atoms with Crippen LogP contribution in [0.1, 0.15) is 29.8 Å². The van der Waals surface area contributed by atoms with E-state index in [4.69, 9.17) is 4.74 Å². The van der Waals surface area contributed by atoms with Crippen molar-refractivity contribution in [1.82, 2.24) is 19.9 Å². The number of rotatable bonds is 5. The van der Waals surface area contributed by atoms with Crippen LogP contribution in [0.4, 0.5) is 5.82 Å². The summed E-state index contributed by atoms with van der Waals surface area (Å²) >= 11 is 0. The quantitative estimate of drug-likeness (QED) is 0.763. The highest BCUT2D eigenvalue weighted by molar-refractivity contribution is 5.61. The first kappa shape index (κ1) is 16.4. The Morgan fingerprint density at radius 1 is 1.15 bits per heavy atom. The highest BCUT2D eigenvalue weighted by Gasteiger charge is 2.20. The average molecular weight is 347 g/mol. The number of nitrogens with one attached hydrogen (secondary N) is 1. The van der Waals surface area contributed by atoms with Gasteiger partial charge in [0.25, 0.3) is 0 Å². The summed E-state index contributed by atoms with van der Waals surface area (Å²) in [6, 6.07) is 8.00. The van der Waals surface area contributed by atoms with Gasteiger partial charge >= 0.3 is 0 Å². The third-order valence-corrected chi connectivity index (χ3v) is 4.59. The van der Waals surface area contributed by atoms with E-state index in [0.29, 0.717) is 0 Å². The Labute approximate surface area is 152 Å². The third kappa shape index (κ3) is 3.35. The molecule has 4 rings (SSSR count). The Kier molecular flexibility index (Phi) is 4.48. The first-order valence-corrected chi connectivity index (χ1v) is 8.80. The summed E-state index contributed by atoms with van der Waals surface area (Å²) in [5.41, 5.74) is 5.08. The zero-order valence-electron chi connectivity index (χ0n) is 14.9. The minimum atomic E-state index is 0.282. The molecule has 0 fully saturated rings. The molecule has 0 saturated carbocycles. The lowest BCUT2D eigenvalue weighted by atomic mass is 10.00. The molecule has 0 saturated heterocycles. The lowest BCUT2D eigenvalue weighted by molar-refractivity contribution is 0.352. The number of aryl methyl sites for hydroxylation is 1. The number of hydrogen-bond acceptors (Lipinski definition) is 6. The molecule has 0 bridgehead atoms. The number of anilines is 1. The lowest BCUT2D eigenvalue weighted by Gasteiger charge is -2.16. The van der Waals surface area contributed by atoms with Crippen molar-refractivity contribution in [2.24, 2.45) is 0 Å². The van der Waals surface area contributed by atoms with Gasteiger partial charge in [0.1, 0.15) is 17.9 Å². The standard InChI is InChI=1S/C20H21N5O/c1-13(16-5-7-21-17-6-8-26-20(16)17)10-23-19-9-18(24-12-25-19)15-4-3-14(2)22-11-15/h3-5,7,9,11-13H,6,8,10H2,1-2H3,(H,23,24,25). The zero-order chi connectivity index (χ0) is 17.9. The summed E-state index contributed by atoms with van der Waals surface area (Å²) in [7, 11) is 0. The van der Waals surface area contributed by atoms with Crippen molar-refractivity contribution in [2.75, 3.05) is 18.5 Å². The monoisotopic (exact) mass is 347 g/mol. The van der Waals surface area contributed by atoms with Crippen molar-refractivity contribution in [3.8, 4) is 17.0 Å². The fourth-order valence-electron chi connectivity index (χ4n) is 3.09. The number of ether oxygens (including phenoxy) is 1. The minimum Gasteiger partial charge on any atom is -0.491 e. The SMILES string of the molecule is Cc1ccc(-c2cc(NCC(C)c3ccnc4c3OCC4)ncn2)cn1. The van der Waals surface area contributed by atoms with Crippen LogP contribution in [0.2, 0.25) is 0 Å². The molecule has 0 spiro atoms. The largest absolute Gasteiger partial charge is 0.491 e. The van der Waals surface area contributed by atoms with Gasteiger partial charge in [-0.05, 0) is 25.1 Å². The number of fused-ring (bicyclic) bond motifs is 1. The Morgan fingerprint density at radius 2 is 2.08 bits per heavy atom. The zero-order valence-corrected chi connectivity index (χ0v) is 14.9. The van der Waals surface area contributed by atoms with Gasteiger partial charge in [0.15, 0.2) is 0 Å². The number of nitrogens with zero attached hydrogens (tertiary/aromatic N) is 4. The van der Waals surface area contributed by atoms with E-state index in [1.54, 1.807) is 6.33 Å². The Balaban J connectivity index is 1.47. The fourth-order valence-corrected chi connectivity index (χ4v) is 3.09. The van der Waals surface area contributed by atoms with Crippen molar-refractivity contribution in [1.29, 1.82) is 0 Å². The van der Waals surface area contributed by atoms with E-state index in [1.807, 2.05) is 43.6 Å². The molecule has 132 valence electrons. The van der Waals surface area contributed by atoms with Gasteiger partial charge in [0.2, 0.25) is 0 Å². The van der Waals surface area contributed by atoms with Crippen molar-refractivity contribution in [2.45, 2.75) is 26.2 Å². The smallest absolute Gasteiger partial charge is 0.144 e. The molecule has 3 aromatic heterocycles. The van der Waals surface area contributed by atoms with Gasteiger partial charge in [-0.1, -0.05) is 6.92 Å². The lowest BCUT2D eigenvalue weighted by Crippen LogP contribution is -2.12. The van der Waals surface area contributed by atoms with Crippen molar-refractivity contribution >= 4 is 5.82 Å². The van der Waals surface area contributed by atoms with E-state index < -0.39 is 0 Å². The van der Waals surface area contributed by atoms with Crippen LogP contribution in [0.25, 0.3) is 11.3 Å². The van der Waals surface area contributed by atoms with Crippen LogP contribution < -0.4 is 10.1 Å². The molecule has 1 atom stereocenters. The predicted molar refractivity (Wildman–Crippen MR) is 100 cm³/mol. The van der Waals surface area contributed by atoms with Crippen LogP contribution in [0, 0.1) is 6.92 Å². The first-order chi connectivity index (χ1) is 12.7. The molecule has 1 aliphatic rings. The molecule has 0 aliphatic carbocycles. The van der Waals surface area contributed by atoms with Gasteiger partial charge < -0.3 is 10.1 Å². The fraction of sp³-hybridized carbons (Fsp3) is 0.300. The summed E-state index contributed by atoms with van der Waals surface area (Å²) in [6.45, 7) is 5.62. The molecule has 0 amide bonds. The highest BCUT2D eigenvalue weighted by Crippen LogP contribution is 2.32. The molecular formula is C20H21N5O. The van der Waals surface area contributed by atoms with Gasteiger partial charge in [-0.25, -0.2) is 9.97 Å². The molecular weight excluding hydrogens is 326 g/mol. The summed E-state index contributed by atoms with van der Waals surface area (Å²) in [5, 5.41) is 3.41. The first-order valence-electron chi connectivity index (χ1n) is 8.80. The molecule has 3 aromatic rings. The molecule has 0 aromatic carbocycles. The molecule has 0 radical (unpaired) electrons. The van der Waals surface area contributed by atoms with Crippen LogP contribution in [-0.2, 0) is 6.42 Å². The van der Waals surface area contributed by atoms with Crippen molar-refractivity contribution in [3.05, 3.63) is 59.9 Å². The summed E-state index contributed by atoms with van der Waals surface area (Å²) in [6.07, 6.45) is 6.17. The summed E-state index contributed by atoms with van der Waals surface area (Å²) in [5.74, 6) is 2.04. The Bertz CT molecular complexity index is 910. The molecule has 26 heavy (non-hydrogen) atoms. The van der Waals surface area contributed by atoms with E-state index in [0.717, 1.165) is 53.8 Å². The normalized spacial score (nSPS) is 13.8. The average Bonchev–Trinajstić information content (AvgIpc) is 3.16. The number of aromatic nitrogens is 4. The van der Waals surface area contributed by atoms with Gasteiger partial charge in [0.05, 0.1) is 18.0 Å². The molecule has 1 N–H and O–H groups in total. The van der Waals surface area contributed by atoms with Crippen LogP contribution in [0.15, 0.2) is 43.0 Å². The van der Waals surface area contributed by atoms with Crippen LogP contribution in [0.5, 0.6) is 5.75 Å². The minimum absolute atomic E-state index is 0.282. The van der Waals surface area contributed by atoms with E-state index in [9.17, 15) is 0 Å². The van der Waals surface area contributed by atoms with Gasteiger partial charge in [-0.3, -0.25) is 9.97 Å². The third-order valence-electron chi connectivity index (χ3n) is 4.59. The molecule has 6 nitrogen and oxygen atoms in total. The van der Waals surface area contributed by atoms with E-state index in [-0.39, 0.29) is 5.92 Å². The van der Waals surface area contributed by atoms with E-state index >= 15 is 0 Å². The van der Waals surface area contributed by atoms with Gasteiger partial charge in [-0.2, -0.15) is 0 Å². The maximum atomic E-state index is 5.77.